The molecule has 0 saturated heterocycles. The molecule has 1 fully saturated rings. The predicted octanol–water partition coefficient (Wildman–Crippen LogP) is 3.95. The fourth-order valence-corrected chi connectivity index (χ4v) is 3.94. The number of nitrogens with zero attached hydrogens (tertiary/aromatic N) is 2. The number of ether oxygens (including phenoxy) is 1. The summed E-state index contributed by atoms with van der Waals surface area (Å²) in [4.78, 5) is 15.7. The Labute approximate surface area is 170 Å². The van der Waals surface area contributed by atoms with E-state index in [2.05, 4.69) is 35.4 Å². The minimum absolute atomic E-state index is 0.165. The van der Waals surface area contributed by atoms with Crippen molar-refractivity contribution < 1.29 is 14.6 Å². The van der Waals surface area contributed by atoms with Crippen molar-refractivity contribution in [1.82, 2.24) is 14.7 Å². The molecule has 0 radical (unpaired) electrons. The van der Waals surface area contributed by atoms with Gasteiger partial charge in [0.25, 0.3) is 0 Å². The first kappa shape index (κ1) is 19.5. The highest BCUT2D eigenvalue weighted by Gasteiger charge is 2.25. The maximum atomic E-state index is 11.0. The first-order valence-corrected chi connectivity index (χ1v) is 10.2. The van der Waals surface area contributed by atoms with E-state index in [0.29, 0.717) is 12.6 Å². The molecule has 1 aromatic carbocycles. The summed E-state index contributed by atoms with van der Waals surface area (Å²) in [5.74, 6) is 0.00335. The summed E-state index contributed by atoms with van der Waals surface area (Å²) in [6.45, 7) is 3.28. The second-order valence-corrected chi connectivity index (χ2v) is 7.85. The van der Waals surface area contributed by atoms with Crippen LogP contribution in [0.1, 0.15) is 42.5 Å². The van der Waals surface area contributed by atoms with Gasteiger partial charge in [0.2, 0.25) is 0 Å². The largest absolute Gasteiger partial charge is 0.487 e. The lowest BCUT2D eigenvalue weighted by Crippen LogP contribution is -2.34. The van der Waals surface area contributed by atoms with Gasteiger partial charge in [0, 0.05) is 25.0 Å². The van der Waals surface area contributed by atoms with Gasteiger partial charge in [-0.1, -0.05) is 18.2 Å². The Morgan fingerprint density at radius 1 is 1.21 bits per heavy atom. The SMILES string of the molecule is Cc1cccn2cc(COc3ccc(CNC4CCC(C(=O)O)CC4)cc3)nc12. The molecular formula is C23H27N3O3. The van der Waals surface area contributed by atoms with E-state index in [-0.39, 0.29) is 5.92 Å². The molecule has 2 heterocycles. The van der Waals surface area contributed by atoms with Crippen molar-refractivity contribution in [2.24, 2.45) is 5.92 Å². The van der Waals surface area contributed by atoms with Crippen LogP contribution in [0.25, 0.3) is 5.65 Å². The average molecular weight is 393 g/mol. The third-order valence-corrected chi connectivity index (χ3v) is 5.71. The number of hydrogen-bond acceptors (Lipinski definition) is 4. The second kappa shape index (κ2) is 8.66. The van der Waals surface area contributed by atoms with E-state index in [1.54, 1.807) is 0 Å². The van der Waals surface area contributed by atoms with Gasteiger partial charge in [-0.2, -0.15) is 0 Å². The molecule has 0 bridgehead atoms. The van der Waals surface area contributed by atoms with Gasteiger partial charge in [0.05, 0.1) is 11.6 Å². The molecule has 6 heteroatoms. The molecule has 0 spiro atoms. The molecule has 2 aromatic heterocycles. The first-order chi connectivity index (χ1) is 14.1. The third-order valence-electron chi connectivity index (χ3n) is 5.71. The Morgan fingerprint density at radius 2 is 1.97 bits per heavy atom. The summed E-state index contributed by atoms with van der Waals surface area (Å²) in [6, 6.07) is 12.6. The highest BCUT2D eigenvalue weighted by atomic mass is 16.5. The normalized spacial score (nSPS) is 19.3. The maximum absolute atomic E-state index is 11.0. The number of pyridine rings is 1. The molecule has 4 rings (SSSR count). The predicted molar refractivity (Wildman–Crippen MR) is 111 cm³/mol. The van der Waals surface area contributed by atoms with Crippen LogP contribution in [0.3, 0.4) is 0 Å². The number of aryl methyl sites for hydroxylation is 1. The minimum Gasteiger partial charge on any atom is -0.487 e. The molecule has 29 heavy (non-hydrogen) atoms. The fraction of sp³-hybridized carbons (Fsp3) is 0.391. The van der Waals surface area contributed by atoms with Crippen LogP contribution in [0.15, 0.2) is 48.8 Å². The third kappa shape index (κ3) is 4.77. The van der Waals surface area contributed by atoms with Gasteiger partial charge < -0.3 is 19.6 Å². The number of nitrogens with one attached hydrogen (secondary N) is 1. The van der Waals surface area contributed by atoms with E-state index in [1.165, 1.54) is 5.56 Å². The lowest BCUT2D eigenvalue weighted by Gasteiger charge is -2.27. The van der Waals surface area contributed by atoms with Gasteiger partial charge in [-0.25, -0.2) is 4.98 Å². The van der Waals surface area contributed by atoms with Crippen LogP contribution in [-0.2, 0) is 17.9 Å². The zero-order valence-electron chi connectivity index (χ0n) is 16.7. The summed E-state index contributed by atoms with van der Waals surface area (Å²) in [5, 5.41) is 12.6. The number of carbonyl (C=O) groups is 1. The van der Waals surface area contributed by atoms with Crippen molar-refractivity contribution in [3.63, 3.8) is 0 Å². The van der Waals surface area contributed by atoms with Crippen LogP contribution in [0.4, 0.5) is 0 Å². The summed E-state index contributed by atoms with van der Waals surface area (Å²) < 4.78 is 7.91. The molecule has 2 N–H and O–H groups in total. The fourth-order valence-electron chi connectivity index (χ4n) is 3.94. The van der Waals surface area contributed by atoms with Crippen LogP contribution in [0.5, 0.6) is 5.75 Å². The van der Waals surface area contributed by atoms with E-state index < -0.39 is 5.97 Å². The average Bonchev–Trinajstić information content (AvgIpc) is 3.16. The molecule has 0 amide bonds. The zero-order chi connectivity index (χ0) is 20.2. The van der Waals surface area contributed by atoms with Crippen molar-refractivity contribution in [2.75, 3.05) is 0 Å². The number of carboxylic acids is 1. The standard InChI is InChI=1S/C23H27N3O3/c1-16-3-2-12-26-14-20(25-22(16)26)15-29-21-10-4-17(5-11-21)13-24-19-8-6-18(7-9-19)23(27)28/h2-5,10-12,14,18-19,24H,6-9,13,15H2,1H3,(H,27,28). The van der Waals surface area contributed by atoms with E-state index in [4.69, 9.17) is 9.84 Å². The van der Waals surface area contributed by atoms with Gasteiger partial charge in [-0.15, -0.1) is 0 Å². The Bertz CT molecular complexity index is 973. The molecule has 0 aliphatic heterocycles. The van der Waals surface area contributed by atoms with E-state index in [0.717, 1.165) is 54.9 Å². The number of fused-ring (bicyclic) bond motifs is 1. The molecule has 0 unspecified atom stereocenters. The number of imidazole rings is 1. The van der Waals surface area contributed by atoms with E-state index >= 15 is 0 Å². The highest BCUT2D eigenvalue weighted by molar-refractivity contribution is 5.70. The molecule has 6 nitrogen and oxygen atoms in total. The van der Waals surface area contributed by atoms with Crippen molar-refractivity contribution in [1.29, 1.82) is 0 Å². The topological polar surface area (TPSA) is 75.9 Å². The van der Waals surface area contributed by atoms with Gasteiger partial charge in [0.1, 0.15) is 18.0 Å². The van der Waals surface area contributed by atoms with Crippen LogP contribution >= 0.6 is 0 Å². The zero-order valence-corrected chi connectivity index (χ0v) is 16.7. The first-order valence-electron chi connectivity index (χ1n) is 10.2. The number of aliphatic carboxylic acids is 1. The molecule has 1 saturated carbocycles. The number of benzene rings is 1. The summed E-state index contributed by atoms with van der Waals surface area (Å²) in [6.07, 6.45) is 7.38. The highest BCUT2D eigenvalue weighted by Crippen LogP contribution is 2.24. The molecule has 3 aromatic rings. The molecule has 1 aliphatic carbocycles. The van der Waals surface area contributed by atoms with Crippen molar-refractivity contribution in [3.05, 3.63) is 65.6 Å². The molecule has 1 aliphatic rings. The molecule has 0 atom stereocenters. The van der Waals surface area contributed by atoms with Gasteiger partial charge in [-0.05, 0) is 61.9 Å². The number of carboxylic acid groups (broad SMARTS) is 1. The summed E-state index contributed by atoms with van der Waals surface area (Å²) in [7, 11) is 0. The number of hydrogen-bond donors (Lipinski definition) is 2. The quantitative estimate of drug-likeness (QED) is 0.636. The summed E-state index contributed by atoms with van der Waals surface area (Å²) >= 11 is 0. The number of aromatic nitrogens is 2. The van der Waals surface area contributed by atoms with E-state index in [9.17, 15) is 4.79 Å². The lowest BCUT2D eigenvalue weighted by atomic mass is 9.86. The van der Waals surface area contributed by atoms with Crippen LogP contribution in [0.2, 0.25) is 0 Å². The second-order valence-electron chi connectivity index (χ2n) is 7.85. The van der Waals surface area contributed by atoms with Crippen molar-refractivity contribution in [2.45, 2.75) is 51.8 Å². The van der Waals surface area contributed by atoms with Gasteiger partial charge in [0.15, 0.2) is 0 Å². The van der Waals surface area contributed by atoms with E-state index in [1.807, 2.05) is 35.0 Å². The lowest BCUT2D eigenvalue weighted by molar-refractivity contribution is -0.142. The summed E-state index contributed by atoms with van der Waals surface area (Å²) in [5.41, 5.74) is 4.21. The smallest absolute Gasteiger partial charge is 0.306 e. The molecular weight excluding hydrogens is 366 g/mol. The number of rotatable bonds is 7. The van der Waals surface area contributed by atoms with Gasteiger partial charge in [-0.3, -0.25) is 4.79 Å². The van der Waals surface area contributed by atoms with Crippen molar-refractivity contribution >= 4 is 11.6 Å². The maximum Gasteiger partial charge on any atom is 0.306 e. The van der Waals surface area contributed by atoms with Gasteiger partial charge >= 0.3 is 5.97 Å². The van der Waals surface area contributed by atoms with Crippen LogP contribution in [0, 0.1) is 12.8 Å². The Balaban J connectivity index is 1.26. The minimum atomic E-state index is -0.655. The Morgan fingerprint density at radius 3 is 2.66 bits per heavy atom. The monoisotopic (exact) mass is 393 g/mol. The van der Waals surface area contributed by atoms with Crippen LogP contribution < -0.4 is 10.1 Å². The molecule has 152 valence electrons. The van der Waals surface area contributed by atoms with Crippen LogP contribution in [-0.4, -0.2) is 26.5 Å². The van der Waals surface area contributed by atoms with Crippen molar-refractivity contribution in [3.8, 4) is 5.75 Å². The Kier molecular flexibility index (Phi) is 5.81. The Hall–Kier alpha value is -2.86.